The molecular weight excluding hydrogens is 370 g/mol. The van der Waals surface area contributed by atoms with Gasteiger partial charge in [-0.15, -0.1) is 0 Å². The zero-order valence-corrected chi connectivity index (χ0v) is 17.8. The minimum absolute atomic E-state index is 0.0278. The molecule has 1 amide bonds. The number of carbonyl (C=O) groups excluding carboxylic acids is 1. The molecule has 0 bridgehead atoms. The third-order valence-corrected chi connectivity index (χ3v) is 4.84. The largest absolute Gasteiger partial charge is 0.375 e. The lowest BCUT2D eigenvalue weighted by molar-refractivity contribution is -0.385. The van der Waals surface area contributed by atoms with Crippen molar-refractivity contribution in [2.24, 2.45) is 0 Å². The molecule has 1 aromatic heterocycles. The Morgan fingerprint density at radius 1 is 1.07 bits per heavy atom. The molecule has 1 aromatic carbocycles. The number of hydrogen-bond acceptors (Lipinski definition) is 6. The van der Waals surface area contributed by atoms with Crippen LogP contribution in [0.1, 0.15) is 29.3 Å². The maximum Gasteiger partial charge on any atom is 0.287 e. The summed E-state index contributed by atoms with van der Waals surface area (Å²) in [6.07, 6.45) is 2.32. The minimum atomic E-state index is -0.457. The Morgan fingerprint density at radius 3 is 2.28 bits per heavy atom. The Balaban J connectivity index is 1.96. The number of nitro groups is 1. The summed E-state index contributed by atoms with van der Waals surface area (Å²) in [6.45, 7) is 5.96. The molecule has 0 N–H and O–H groups in total. The first-order valence-corrected chi connectivity index (χ1v) is 9.63. The molecule has 29 heavy (non-hydrogen) atoms. The summed E-state index contributed by atoms with van der Waals surface area (Å²) in [4.78, 5) is 33.0. The van der Waals surface area contributed by atoms with Crippen LogP contribution in [0.3, 0.4) is 0 Å². The first kappa shape index (κ1) is 22.1. The van der Waals surface area contributed by atoms with E-state index in [1.54, 1.807) is 18.9 Å². The highest BCUT2D eigenvalue weighted by Gasteiger charge is 2.15. The average Bonchev–Trinajstić information content (AvgIpc) is 2.71. The van der Waals surface area contributed by atoms with Crippen LogP contribution in [-0.2, 0) is 0 Å². The van der Waals surface area contributed by atoms with Gasteiger partial charge in [0.15, 0.2) is 0 Å². The van der Waals surface area contributed by atoms with Crippen molar-refractivity contribution in [1.82, 2.24) is 9.88 Å². The molecule has 0 unspecified atom stereocenters. The van der Waals surface area contributed by atoms with Gasteiger partial charge in [0.2, 0.25) is 0 Å². The van der Waals surface area contributed by atoms with Crippen LogP contribution in [0, 0.1) is 17.0 Å². The number of amides is 1. The third-order valence-electron chi connectivity index (χ3n) is 4.84. The number of aryl methyl sites for hydroxylation is 1. The normalized spacial score (nSPS) is 10.5. The highest BCUT2D eigenvalue weighted by molar-refractivity contribution is 5.94. The molecule has 0 spiro atoms. The molecule has 0 saturated heterocycles. The lowest BCUT2D eigenvalue weighted by Crippen LogP contribution is -2.35. The van der Waals surface area contributed by atoms with Gasteiger partial charge in [-0.1, -0.05) is 6.92 Å². The Hall–Kier alpha value is -3.16. The van der Waals surface area contributed by atoms with Gasteiger partial charge in [-0.05, 0) is 43.2 Å². The molecule has 0 saturated carbocycles. The van der Waals surface area contributed by atoms with Gasteiger partial charge in [-0.2, -0.15) is 0 Å². The quantitative estimate of drug-likeness (QED) is 0.475. The van der Waals surface area contributed by atoms with Crippen LogP contribution in [0.15, 0.2) is 36.5 Å². The average molecular weight is 399 g/mol. The smallest absolute Gasteiger partial charge is 0.287 e. The predicted molar refractivity (Wildman–Crippen MR) is 116 cm³/mol. The van der Waals surface area contributed by atoms with E-state index in [-0.39, 0.29) is 11.6 Å². The third kappa shape index (κ3) is 5.66. The summed E-state index contributed by atoms with van der Waals surface area (Å²) in [7, 11) is 5.66. The number of aromatic nitrogens is 1. The van der Waals surface area contributed by atoms with Gasteiger partial charge in [-0.3, -0.25) is 14.9 Å². The summed E-state index contributed by atoms with van der Waals surface area (Å²) in [5.74, 6) is 0.622. The number of hydrogen-bond donors (Lipinski definition) is 0. The second-order valence-electron chi connectivity index (χ2n) is 7.21. The van der Waals surface area contributed by atoms with E-state index in [0.717, 1.165) is 24.2 Å². The van der Waals surface area contributed by atoms with Gasteiger partial charge < -0.3 is 14.7 Å². The van der Waals surface area contributed by atoms with Crippen molar-refractivity contribution in [2.75, 3.05) is 50.6 Å². The van der Waals surface area contributed by atoms with Crippen molar-refractivity contribution in [2.45, 2.75) is 20.3 Å². The van der Waals surface area contributed by atoms with Gasteiger partial charge in [0.05, 0.1) is 4.92 Å². The molecule has 0 aliphatic rings. The van der Waals surface area contributed by atoms with E-state index in [0.29, 0.717) is 24.5 Å². The summed E-state index contributed by atoms with van der Waals surface area (Å²) in [5, 5.41) is 10.9. The molecular formula is C21H29N5O3. The predicted octanol–water partition coefficient (Wildman–Crippen LogP) is 3.35. The van der Waals surface area contributed by atoms with E-state index in [2.05, 4.69) is 16.8 Å². The van der Waals surface area contributed by atoms with Crippen molar-refractivity contribution >= 4 is 23.1 Å². The molecule has 0 radical (unpaired) electrons. The first-order valence-electron chi connectivity index (χ1n) is 9.63. The van der Waals surface area contributed by atoms with Crippen molar-refractivity contribution in [3.05, 3.63) is 57.8 Å². The molecule has 0 atom stereocenters. The number of anilines is 2. The van der Waals surface area contributed by atoms with Crippen molar-refractivity contribution < 1.29 is 9.72 Å². The van der Waals surface area contributed by atoms with E-state index in [1.165, 1.54) is 12.3 Å². The lowest BCUT2D eigenvalue weighted by Gasteiger charge is -2.24. The number of likely N-dealkylation sites (N-methyl/N-ethyl adjacent to an activating group) is 2. The highest BCUT2D eigenvalue weighted by Crippen LogP contribution is 2.20. The van der Waals surface area contributed by atoms with Crippen LogP contribution in [-0.4, -0.2) is 61.5 Å². The maximum atomic E-state index is 12.7. The van der Waals surface area contributed by atoms with Crippen LogP contribution in [0.4, 0.5) is 17.2 Å². The molecule has 156 valence electrons. The number of nitrogens with zero attached hydrogens (tertiary/aromatic N) is 5. The fourth-order valence-electron chi connectivity index (χ4n) is 3.10. The van der Waals surface area contributed by atoms with E-state index in [1.807, 2.05) is 43.3 Å². The molecule has 0 aliphatic heterocycles. The Kier molecular flexibility index (Phi) is 7.52. The minimum Gasteiger partial charge on any atom is -0.375 e. The summed E-state index contributed by atoms with van der Waals surface area (Å²) >= 11 is 0. The number of rotatable bonds is 9. The molecule has 8 nitrogen and oxygen atoms in total. The lowest BCUT2D eigenvalue weighted by atomic mass is 10.1. The number of carbonyl (C=O) groups is 1. The summed E-state index contributed by atoms with van der Waals surface area (Å²) in [5.41, 5.74) is 2.43. The molecule has 0 fully saturated rings. The molecule has 2 rings (SSSR count). The van der Waals surface area contributed by atoms with Crippen LogP contribution >= 0.6 is 0 Å². The second kappa shape index (κ2) is 9.86. The Morgan fingerprint density at radius 2 is 1.72 bits per heavy atom. The van der Waals surface area contributed by atoms with Gasteiger partial charge in [0.25, 0.3) is 11.6 Å². The zero-order chi connectivity index (χ0) is 21.6. The molecule has 8 heteroatoms. The summed E-state index contributed by atoms with van der Waals surface area (Å²) < 4.78 is 0. The van der Waals surface area contributed by atoms with E-state index in [9.17, 15) is 14.9 Å². The summed E-state index contributed by atoms with van der Waals surface area (Å²) in [6, 6.07) is 9.14. The van der Waals surface area contributed by atoms with Gasteiger partial charge in [0, 0.05) is 58.1 Å². The highest BCUT2D eigenvalue weighted by atomic mass is 16.6. The Labute approximate surface area is 171 Å². The first-order chi connectivity index (χ1) is 13.7. The van der Waals surface area contributed by atoms with Gasteiger partial charge >= 0.3 is 0 Å². The van der Waals surface area contributed by atoms with E-state index < -0.39 is 4.92 Å². The van der Waals surface area contributed by atoms with Crippen LogP contribution < -0.4 is 9.80 Å². The van der Waals surface area contributed by atoms with Crippen molar-refractivity contribution in [1.29, 1.82) is 0 Å². The number of benzene rings is 1. The van der Waals surface area contributed by atoms with Gasteiger partial charge in [-0.25, -0.2) is 4.98 Å². The zero-order valence-electron chi connectivity index (χ0n) is 17.8. The fraction of sp³-hybridized carbons (Fsp3) is 0.429. The topological polar surface area (TPSA) is 82.8 Å². The van der Waals surface area contributed by atoms with Crippen LogP contribution in [0.2, 0.25) is 0 Å². The molecule has 1 heterocycles. The van der Waals surface area contributed by atoms with Crippen LogP contribution in [0.25, 0.3) is 0 Å². The molecule has 2 aromatic rings. The molecule has 0 aliphatic carbocycles. The second-order valence-corrected chi connectivity index (χ2v) is 7.21. The standard InChI is InChI=1S/C21H29N5O3/c1-6-11-23(3)18-9-7-17(8-10-18)21(27)25(5)13-12-24(4)20-16(2)14-19(15-22-20)26(28)29/h7-10,14-15H,6,11-13H2,1-5H3. The SMILES string of the molecule is CCCN(C)c1ccc(C(=O)N(C)CCN(C)c2ncc([N+](=O)[O-])cc2C)cc1. The van der Waals surface area contributed by atoms with E-state index in [4.69, 9.17) is 0 Å². The van der Waals surface area contributed by atoms with Crippen LogP contribution in [0.5, 0.6) is 0 Å². The maximum absolute atomic E-state index is 12.7. The Bertz CT molecular complexity index is 854. The van der Waals surface area contributed by atoms with Crippen molar-refractivity contribution in [3.63, 3.8) is 0 Å². The fourth-order valence-corrected chi connectivity index (χ4v) is 3.10. The van der Waals surface area contributed by atoms with Crippen molar-refractivity contribution in [3.8, 4) is 0 Å². The van der Waals surface area contributed by atoms with Gasteiger partial charge in [0.1, 0.15) is 12.0 Å². The number of pyridine rings is 1. The van der Waals surface area contributed by atoms with E-state index >= 15 is 0 Å². The monoisotopic (exact) mass is 399 g/mol.